The lowest BCUT2D eigenvalue weighted by Crippen LogP contribution is -2.44. The first-order valence-electron chi connectivity index (χ1n) is 7.45. The first-order chi connectivity index (χ1) is 10.5. The molecule has 1 aliphatic heterocycles. The van der Waals surface area contributed by atoms with Crippen molar-refractivity contribution in [2.24, 2.45) is 14.1 Å². The van der Waals surface area contributed by atoms with Crippen LogP contribution in [0.4, 0.5) is 5.82 Å². The van der Waals surface area contributed by atoms with Crippen molar-refractivity contribution < 1.29 is 0 Å². The van der Waals surface area contributed by atoms with Crippen LogP contribution < -0.4 is 21.2 Å². The summed E-state index contributed by atoms with van der Waals surface area (Å²) in [4.78, 5) is 23.2. The van der Waals surface area contributed by atoms with Crippen LogP contribution in [-0.2, 0) is 14.1 Å². The molecule has 0 radical (unpaired) electrons. The highest BCUT2D eigenvalue weighted by atomic mass is 16.1. The molecule has 0 aromatic carbocycles. The molecule has 0 aliphatic carbocycles. The maximum absolute atomic E-state index is 12.1. The number of hydrogen-bond donors (Lipinski definition) is 2. The van der Waals surface area contributed by atoms with Gasteiger partial charge in [-0.1, -0.05) is 0 Å². The van der Waals surface area contributed by atoms with Crippen molar-refractivity contribution in [2.45, 2.75) is 6.92 Å². The van der Waals surface area contributed by atoms with Crippen LogP contribution in [0.5, 0.6) is 0 Å². The van der Waals surface area contributed by atoms with Crippen LogP contribution in [0.15, 0.2) is 4.79 Å². The predicted molar refractivity (Wildman–Crippen MR) is 88.6 cm³/mol. The Morgan fingerprint density at radius 2 is 1.68 bits per heavy atom. The first-order valence-corrected chi connectivity index (χ1v) is 7.45. The lowest BCUT2D eigenvalue weighted by Gasteiger charge is -2.29. The number of rotatable bonds is 1. The van der Waals surface area contributed by atoms with E-state index >= 15 is 0 Å². The smallest absolute Gasteiger partial charge is 0.329 e. The number of nitrogens with one attached hydrogen (secondary N) is 2. The van der Waals surface area contributed by atoms with E-state index in [0.29, 0.717) is 11.5 Å². The Hall–Kier alpha value is -1.93. The molecule has 3 heterocycles. The second-order valence-electron chi connectivity index (χ2n) is 5.40. The molecule has 2 N–H and O–H groups in total. The lowest BCUT2D eigenvalue weighted by molar-refractivity contribution is 0.584. The highest BCUT2D eigenvalue weighted by Crippen LogP contribution is 2.22. The highest BCUT2D eigenvalue weighted by Gasteiger charge is 2.21. The number of imidazole rings is 1. The fraction of sp³-hybridized carbons (Fsp3) is 0.643. The van der Waals surface area contributed by atoms with Crippen LogP contribution in [-0.4, -0.2) is 59.4 Å². The van der Waals surface area contributed by atoms with E-state index in [1.807, 2.05) is 21.0 Å². The number of fused-ring (bicyclic) bond motifs is 1. The molecule has 0 atom stereocenters. The molecule has 0 spiro atoms. The summed E-state index contributed by atoms with van der Waals surface area (Å²) in [7, 11) is 7.27. The van der Waals surface area contributed by atoms with Gasteiger partial charge in [-0.2, -0.15) is 0 Å². The molecule has 8 nitrogen and oxygen atoms in total. The van der Waals surface area contributed by atoms with Crippen molar-refractivity contribution in [1.29, 1.82) is 0 Å². The van der Waals surface area contributed by atoms with Crippen molar-refractivity contribution in [2.75, 3.05) is 45.2 Å². The average Bonchev–Trinajstić information content (AvgIpc) is 2.73. The van der Waals surface area contributed by atoms with Crippen LogP contribution in [0.3, 0.4) is 0 Å². The second-order valence-corrected chi connectivity index (χ2v) is 5.40. The summed E-state index contributed by atoms with van der Waals surface area (Å²) in [6.45, 7) is 5.53. The van der Waals surface area contributed by atoms with E-state index in [2.05, 4.69) is 25.5 Å². The van der Waals surface area contributed by atoms with Gasteiger partial charge < -0.3 is 15.5 Å². The quantitative estimate of drug-likeness (QED) is 0.719. The summed E-state index contributed by atoms with van der Waals surface area (Å²) < 4.78 is 3.21. The largest absolute Gasteiger partial charge is 0.352 e. The zero-order chi connectivity index (χ0) is 16.3. The van der Waals surface area contributed by atoms with Gasteiger partial charge in [0, 0.05) is 40.3 Å². The van der Waals surface area contributed by atoms with E-state index in [9.17, 15) is 4.79 Å². The van der Waals surface area contributed by atoms with Gasteiger partial charge in [0.2, 0.25) is 0 Å². The maximum atomic E-state index is 12.1. The number of hydrogen-bond acceptors (Lipinski definition) is 6. The van der Waals surface area contributed by atoms with E-state index < -0.39 is 0 Å². The monoisotopic (exact) mass is 307 g/mol. The molecular formula is C14H25N7O. The van der Waals surface area contributed by atoms with Crippen molar-refractivity contribution in [1.82, 2.24) is 29.7 Å². The molecule has 2 aromatic rings. The van der Waals surface area contributed by atoms with E-state index in [4.69, 9.17) is 0 Å². The van der Waals surface area contributed by atoms with Gasteiger partial charge in [-0.25, -0.2) is 14.8 Å². The third-order valence-electron chi connectivity index (χ3n) is 3.60. The summed E-state index contributed by atoms with van der Waals surface area (Å²) in [6.07, 6.45) is 0. The zero-order valence-corrected chi connectivity index (χ0v) is 14.0. The van der Waals surface area contributed by atoms with E-state index in [-0.39, 0.29) is 5.69 Å². The molecule has 22 heavy (non-hydrogen) atoms. The number of aryl methyl sites for hydroxylation is 3. The van der Waals surface area contributed by atoms with Gasteiger partial charge in [0.05, 0.1) is 0 Å². The minimum atomic E-state index is -0.0636. The molecule has 0 saturated carbocycles. The molecule has 1 fully saturated rings. The third kappa shape index (κ3) is 2.97. The minimum Gasteiger partial charge on any atom is -0.352 e. The highest BCUT2D eigenvalue weighted by molar-refractivity contribution is 5.84. The Balaban J connectivity index is 0.000000545. The number of piperazine rings is 1. The number of nitrogens with zero attached hydrogens (tertiary/aromatic N) is 5. The Labute approximate surface area is 130 Å². The van der Waals surface area contributed by atoms with Gasteiger partial charge in [-0.3, -0.25) is 9.13 Å². The molecule has 1 aliphatic rings. The fourth-order valence-corrected chi connectivity index (χ4v) is 2.58. The van der Waals surface area contributed by atoms with Crippen LogP contribution in [0, 0.1) is 6.92 Å². The predicted octanol–water partition coefficient (Wildman–Crippen LogP) is -0.779. The second kappa shape index (κ2) is 6.89. The molecule has 8 heteroatoms. The lowest BCUT2D eigenvalue weighted by atomic mass is 10.3. The molecule has 1 saturated heterocycles. The van der Waals surface area contributed by atoms with Crippen LogP contribution in [0.2, 0.25) is 0 Å². The Bertz CT molecular complexity index is 697. The van der Waals surface area contributed by atoms with Gasteiger partial charge in [0.1, 0.15) is 11.3 Å². The van der Waals surface area contributed by atoms with Gasteiger partial charge in [-0.05, 0) is 21.0 Å². The van der Waals surface area contributed by atoms with E-state index in [1.165, 1.54) is 0 Å². The van der Waals surface area contributed by atoms with Crippen LogP contribution in [0.25, 0.3) is 11.2 Å². The summed E-state index contributed by atoms with van der Waals surface area (Å²) in [5.74, 6) is 1.56. The first kappa shape index (κ1) is 16.4. The SMILES string of the molecule is CNC.Cc1nc(N2CCNCC2)c2c(n1)n(C)c(=O)n2C. The normalized spacial score (nSPS) is 14.9. The van der Waals surface area contributed by atoms with Crippen molar-refractivity contribution in [3.8, 4) is 0 Å². The minimum absolute atomic E-state index is 0.0636. The zero-order valence-electron chi connectivity index (χ0n) is 14.0. The Morgan fingerprint density at radius 1 is 1.09 bits per heavy atom. The van der Waals surface area contributed by atoms with Gasteiger partial charge >= 0.3 is 5.69 Å². The molecule has 0 unspecified atom stereocenters. The summed E-state index contributed by atoms with van der Waals surface area (Å²) in [5.41, 5.74) is 1.46. The molecule has 3 rings (SSSR count). The fourth-order valence-electron chi connectivity index (χ4n) is 2.58. The van der Waals surface area contributed by atoms with Gasteiger partial charge in [-0.15, -0.1) is 0 Å². The Kier molecular flexibility index (Phi) is 5.15. The summed E-state index contributed by atoms with van der Waals surface area (Å²) in [5, 5.41) is 6.07. The topological polar surface area (TPSA) is 80.0 Å². The molecule has 2 aromatic heterocycles. The van der Waals surface area contributed by atoms with Crippen LogP contribution in [0.1, 0.15) is 5.82 Å². The number of aromatic nitrogens is 4. The van der Waals surface area contributed by atoms with Crippen molar-refractivity contribution >= 4 is 17.0 Å². The molecular weight excluding hydrogens is 282 g/mol. The van der Waals surface area contributed by atoms with Crippen molar-refractivity contribution in [3.05, 3.63) is 16.3 Å². The van der Waals surface area contributed by atoms with E-state index in [1.54, 1.807) is 23.2 Å². The van der Waals surface area contributed by atoms with E-state index in [0.717, 1.165) is 37.5 Å². The summed E-state index contributed by atoms with van der Waals surface area (Å²) >= 11 is 0. The average molecular weight is 307 g/mol. The molecule has 0 bridgehead atoms. The molecule has 122 valence electrons. The van der Waals surface area contributed by atoms with Crippen molar-refractivity contribution in [3.63, 3.8) is 0 Å². The van der Waals surface area contributed by atoms with Crippen LogP contribution >= 0.6 is 0 Å². The molecule has 0 amide bonds. The maximum Gasteiger partial charge on any atom is 0.329 e. The Morgan fingerprint density at radius 3 is 2.27 bits per heavy atom. The summed E-state index contributed by atoms with van der Waals surface area (Å²) in [6, 6.07) is 0. The van der Waals surface area contributed by atoms with Gasteiger partial charge in [0.15, 0.2) is 11.5 Å². The number of anilines is 1. The third-order valence-corrected chi connectivity index (χ3v) is 3.60. The standard InChI is InChI=1S/C12H18N6O.C2H7N/c1-8-14-10-9(16(2)12(19)17(10)3)11(15-8)18-6-4-13-5-7-18;1-3-2/h13H,4-7H2,1-3H3;3H,1-2H3. The van der Waals surface area contributed by atoms with Gasteiger partial charge in [0.25, 0.3) is 0 Å².